The quantitative estimate of drug-likeness (QED) is 0.753. The fraction of sp³-hybridized carbons (Fsp3) is 1.00. The van der Waals surface area contributed by atoms with Gasteiger partial charge in [-0.25, -0.2) is 0 Å². The van der Waals surface area contributed by atoms with Gasteiger partial charge >= 0.3 is 0 Å². The standard InChI is InChI=1S/C13H27NO2/c1-11(15)12(2,3)9-14(4)10-13(16)7-5-6-8-13/h11,15-16H,5-10H2,1-4H3. The molecule has 96 valence electrons. The van der Waals surface area contributed by atoms with Gasteiger partial charge in [-0.3, -0.25) is 0 Å². The van der Waals surface area contributed by atoms with Gasteiger partial charge < -0.3 is 15.1 Å². The van der Waals surface area contributed by atoms with Crippen LogP contribution in [0.4, 0.5) is 0 Å². The van der Waals surface area contributed by atoms with E-state index < -0.39 is 5.60 Å². The topological polar surface area (TPSA) is 43.7 Å². The Kier molecular flexibility index (Phi) is 4.38. The summed E-state index contributed by atoms with van der Waals surface area (Å²) in [5, 5.41) is 20.0. The molecule has 0 bridgehead atoms. The lowest BCUT2D eigenvalue weighted by Crippen LogP contribution is -2.45. The minimum Gasteiger partial charge on any atom is -0.393 e. The molecule has 0 saturated heterocycles. The van der Waals surface area contributed by atoms with Gasteiger partial charge in [-0.2, -0.15) is 0 Å². The highest BCUT2D eigenvalue weighted by Gasteiger charge is 2.34. The molecule has 0 radical (unpaired) electrons. The Morgan fingerprint density at radius 1 is 1.31 bits per heavy atom. The van der Waals surface area contributed by atoms with Crippen molar-refractivity contribution in [3.05, 3.63) is 0 Å². The van der Waals surface area contributed by atoms with Crippen LogP contribution < -0.4 is 0 Å². The van der Waals surface area contributed by atoms with E-state index in [4.69, 9.17) is 0 Å². The van der Waals surface area contributed by atoms with Crippen LogP contribution in [0.25, 0.3) is 0 Å². The summed E-state index contributed by atoms with van der Waals surface area (Å²) in [5.74, 6) is 0. The maximum Gasteiger partial charge on any atom is 0.0774 e. The van der Waals surface area contributed by atoms with Gasteiger partial charge in [-0.1, -0.05) is 26.7 Å². The molecular weight excluding hydrogens is 202 g/mol. The second-order valence-corrected chi connectivity index (χ2v) is 6.27. The number of rotatable bonds is 5. The first-order valence-corrected chi connectivity index (χ1v) is 6.34. The van der Waals surface area contributed by atoms with Crippen molar-refractivity contribution in [1.29, 1.82) is 0 Å². The minimum atomic E-state index is -0.483. The van der Waals surface area contributed by atoms with Gasteiger partial charge in [0.1, 0.15) is 0 Å². The van der Waals surface area contributed by atoms with Crippen molar-refractivity contribution in [3.63, 3.8) is 0 Å². The van der Waals surface area contributed by atoms with E-state index in [2.05, 4.69) is 18.7 Å². The molecule has 2 N–H and O–H groups in total. The van der Waals surface area contributed by atoms with Crippen LogP contribution >= 0.6 is 0 Å². The molecule has 1 fully saturated rings. The molecule has 0 aromatic rings. The number of aliphatic hydroxyl groups is 2. The summed E-state index contributed by atoms with van der Waals surface area (Å²) in [4.78, 5) is 2.15. The average Bonchev–Trinajstić information content (AvgIpc) is 2.49. The molecule has 0 spiro atoms. The Balaban J connectivity index is 2.44. The molecule has 1 unspecified atom stereocenters. The first-order valence-electron chi connectivity index (χ1n) is 6.34. The van der Waals surface area contributed by atoms with Crippen LogP contribution in [0.1, 0.15) is 46.5 Å². The van der Waals surface area contributed by atoms with Crippen molar-refractivity contribution < 1.29 is 10.2 Å². The van der Waals surface area contributed by atoms with Crippen molar-refractivity contribution in [2.75, 3.05) is 20.1 Å². The number of aliphatic hydroxyl groups excluding tert-OH is 1. The van der Waals surface area contributed by atoms with E-state index >= 15 is 0 Å². The highest BCUT2D eigenvalue weighted by atomic mass is 16.3. The molecule has 0 aliphatic heterocycles. The van der Waals surface area contributed by atoms with Crippen molar-refractivity contribution in [3.8, 4) is 0 Å². The fourth-order valence-electron chi connectivity index (χ4n) is 2.58. The van der Waals surface area contributed by atoms with Gasteiger partial charge in [0.05, 0.1) is 11.7 Å². The SMILES string of the molecule is CC(O)C(C)(C)CN(C)CC1(O)CCCC1. The van der Waals surface area contributed by atoms with Gasteiger partial charge in [-0.05, 0) is 26.8 Å². The molecule has 1 rings (SSSR count). The Hall–Kier alpha value is -0.120. The monoisotopic (exact) mass is 229 g/mol. The summed E-state index contributed by atoms with van der Waals surface area (Å²) in [6.07, 6.45) is 3.81. The highest BCUT2D eigenvalue weighted by molar-refractivity contribution is 4.88. The fourth-order valence-corrected chi connectivity index (χ4v) is 2.58. The van der Waals surface area contributed by atoms with Crippen LogP contribution in [0.3, 0.4) is 0 Å². The predicted molar refractivity (Wildman–Crippen MR) is 66.4 cm³/mol. The van der Waals surface area contributed by atoms with Gasteiger partial charge in [0, 0.05) is 18.5 Å². The van der Waals surface area contributed by atoms with Gasteiger partial charge in [0.25, 0.3) is 0 Å². The lowest BCUT2D eigenvalue weighted by Gasteiger charge is -2.36. The second kappa shape index (κ2) is 5.03. The highest BCUT2D eigenvalue weighted by Crippen LogP contribution is 2.31. The lowest BCUT2D eigenvalue weighted by molar-refractivity contribution is -0.0110. The maximum absolute atomic E-state index is 10.3. The summed E-state index contributed by atoms with van der Waals surface area (Å²) in [5.41, 5.74) is -0.604. The molecule has 1 aliphatic carbocycles. The zero-order valence-electron chi connectivity index (χ0n) is 11.2. The average molecular weight is 229 g/mol. The summed E-state index contributed by atoms with van der Waals surface area (Å²) < 4.78 is 0. The van der Waals surface area contributed by atoms with E-state index in [1.54, 1.807) is 0 Å². The van der Waals surface area contributed by atoms with E-state index in [9.17, 15) is 10.2 Å². The molecule has 1 saturated carbocycles. The zero-order valence-corrected chi connectivity index (χ0v) is 11.2. The first-order chi connectivity index (χ1) is 7.25. The molecule has 3 heteroatoms. The van der Waals surface area contributed by atoms with E-state index in [-0.39, 0.29) is 11.5 Å². The Morgan fingerprint density at radius 2 is 1.81 bits per heavy atom. The number of likely N-dealkylation sites (N-methyl/N-ethyl adjacent to an activating group) is 1. The van der Waals surface area contributed by atoms with Gasteiger partial charge in [-0.15, -0.1) is 0 Å². The van der Waals surface area contributed by atoms with E-state index in [0.29, 0.717) is 0 Å². The van der Waals surface area contributed by atoms with Crippen LogP contribution in [-0.2, 0) is 0 Å². The predicted octanol–water partition coefficient (Wildman–Crippen LogP) is 1.63. The molecular formula is C13H27NO2. The molecule has 16 heavy (non-hydrogen) atoms. The smallest absolute Gasteiger partial charge is 0.0774 e. The molecule has 0 amide bonds. The van der Waals surface area contributed by atoms with Crippen molar-refractivity contribution >= 4 is 0 Å². The van der Waals surface area contributed by atoms with Gasteiger partial charge in [0.15, 0.2) is 0 Å². The third-order valence-corrected chi connectivity index (χ3v) is 3.91. The lowest BCUT2D eigenvalue weighted by atomic mass is 9.86. The van der Waals surface area contributed by atoms with Crippen molar-refractivity contribution in [2.45, 2.75) is 58.2 Å². The molecule has 0 aromatic heterocycles. The first kappa shape index (κ1) is 13.9. The largest absolute Gasteiger partial charge is 0.393 e. The summed E-state index contributed by atoms with van der Waals surface area (Å²) >= 11 is 0. The molecule has 0 aromatic carbocycles. The molecule has 1 atom stereocenters. The Bertz CT molecular complexity index is 213. The van der Waals surface area contributed by atoms with Gasteiger partial charge in [0.2, 0.25) is 0 Å². The van der Waals surface area contributed by atoms with Crippen LogP contribution in [0.2, 0.25) is 0 Å². The second-order valence-electron chi connectivity index (χ2n) is 6.27. The van der Waals surface area contributed by atoms with Crippen molar-refractivity contribution in [1.82, 2.24) is 4.90 Å². The summed E-state index contributed by atoms with van der Waals surface area (Å²) in [7, 11) is 2.03. The number of nitrogens with zero attached hydrogens (tertiary/aromatic N) is 1. The number of hydrogen-bond donors (Lipinski definition) is 2. The molecule has 3 nitrogen and oxygen atoms in total. The third-order valence-electron chi connectivity index (χ3n) is 3.91. The minimum absolute atomic E-state index is 0.121. The maximum atomic E-state index is 10.3. The van der Waals surface area contributed by atoms with E-state index in [0.717, 1.165) is 38.8 Å². The van der Waals surface area contributed by atoms with Crippen LogP contribution in [0, 0.1) is 5.41 Å². The van der Waals surface area contributed by atoms with E-state index in [1.807, 2.05) is 14.0 Å². The third kappa shape index (κ3) is 3.72. The Labute approximate surface area is 99.5 Å². The molecule has 1 aliphatic rings. The van der Waals surface area contributed by atoms with Crippen LogP contribution in [0.15, 0.2) is 0 Å². The zero-order chi connectivity index (χ0) is 12.4. The number of hydrogen-bond acceptors (Lipinski definition) is 3. The molecule has 0 heterocycles. The normalized spacial score (nSPS) is 22.7. The van der Waals surface area contributed by atoms with E-state index in [1.165, 1.54) is 0 Å². The van der Waals surface area contributed by atoms with Crippen LogP contribution in [-0.4, -0.2) is 47.0 Å². The Morgan fingerprint density at radius 3 is 2.25 bits per heavy atom. The van der Waals surface area contributed by atoms with Crippen molar-refractivity contribution in [2.24, 2.45) is 5.41 Å². The summed E-state index contributed by atoms with van der Waals surface area (Å²) in [6.45, 7) is 7.49. The van der Waals surface area contributed by atoms with Crippen LogP contribution in [0.5, 0.6) is 0 Å². The summed E-state index contributed by atoms with van der Waals surface area (Å²) in [6, 6.07) is 0.